The van der Waals surface area contributed by atoms with Crippen molar-refractivity contribution in [3.63, 3.8) is 0 Å². The summed E-state index contributed by atoms with van der Waals surface area (Å²) in [5.41, 5.74) is 1.48. The Labute approximate surface area is 163 Å². The van der Waals surface area contributed by atoms with Gasteiger partial charge in [0.15, 0.2) is 0 Å². The summed E-state index contributed by atoms with van der Waals surface area (Å²) < 4.78 is 13.3. The van der Waals surface area contributed by atoms with Crippen LogP contribution in [0.15, 0.2) is 29.6 Å². The first-order chi connectivity index (χ1) is 11.2. The third-order valence-electron chi connectivity index (χ3n) is 3.95. The second-order valence-electron chi connectivity index (χ2n) is 5.85. The lowest BCUT2D eigenvalue weighted by atomic mass is 10.00. The summed E-state index contributed by atoms with van der Waals surface area (Å²) in [5, 5.41) is 8.93. The number of benzene rings is 1. The van der Waals surface area contributed by atoms with Gasteiger partial charge in [0.25, 0.3) is 0 Å². The van der Waals surface area contributed by atoms with E-state index in [1.807, 2.05) is 11.4 Å². The van der Waals surface area contributed by atoms with Gasteiger partial charge < -0.3 is 10.6 Å². The van der Waals surface area contributed by atoms with Crippen molar-refractivity contribution in [2.45, 2.75) is 19.3 Å². The molecule has 1 aromatic carbocycles. The summed E-state index contributed by atoms with van der Waals surface area (Å²) in [5.74, 6) is 0.232. The lowest BCUT2D eigenvalue weighted by Crippen LogP contribution is -2.38. The van der Waals surface area contributed by atoms with Crippen LogP contribution in [0.1, 0.15) is 18.5 Å². The summed E-state index contributed by atoms with van der Waals surface area (Å²) in [6.07, 6.45) is 2.60. The molecule has 8 heteroatoms. The Hall–Kier alpha value is -1.21. The second-order valence-corrected chi connectivity index (χ2v) is 6.71. The van der Waals surface area contributed by atoms with Gasteiger partial charge in [-0.25, -0.2) is 9.37 Å². The Bertz CT molecular complexity index is 677. The fraction of sp³-hybridized carbons (Fsp3) is 0.412. The molecule has 4 nitrogen and oxygen atoms in total. The highest BCUT2D eigenvalue weighted by Crippen LogP contribution is 2.24. The van der Waals surface area contributed by atoms with Crippen molar-refractivity contribution in [1.82, 2.24) is 15.6 Å². The topological polar surface area (TPSA) is 54.0 Å². The number of piperidine rings is 1. The van der Waals surface area contributed by atoms with E-state index in [9.17, 15) is 9.18 Å². The predicted octanol–water partition coefficient (Wildman–Crippen LogP) is 3.45. The molecule has 0 bridgehead atoms. The zero-order valence-corrected chi connectivity index (χ0v) is 16.1. The number of hydrogen-bond donors (Lipinski definition) is 2. The van der Waals surface area contributed by atoms with E-state index in [1.165, 1.54) is 29.9 Å². The van der Waals surface area contributed by atoms with Gasteiger partial charge in [-0.1, -0.05) is 12.1 Å². The number of nitrogens with one attached hydrogen (secondary N) is 2. The summed E-state index contributed by atoms with van der Waals surface area (Å²) in [7, 11) is 0. The third-order valence-corrected chi connectivity index (χ3v) is 4.89. The molecule has 2 heterocycles. The lowest BCUT2D eigenvalue weighted by Gasteiger charge is -2.22. The molecule has 0 saturated carbocycles. The maximum Gasteiger partial charge on any atom is 0.226 e. The average molecular weight is 406 g/mol. The SMILES string of the molecule is Cl.Cl.O=C(Cc1csc(-c2cccc(F)c2)n1)NCC1CCCNC1. The van der Waals surface area contributed by atoms with E-state index in [0.29, 0.717) is 12.5 Å². The van der Waals surface area contributed by atoms with Gasteiger partial charge in [-0.3, -0.25) is 4.79 Å². The van der Waals surface area contributed by atoms with E-state index in [4.69, 9.17) is 0 Å². The molecule has 25 heavy (non-hydrogen) atoms. The summed E-state index contributed by atoms with van der Waals surface area (Å²) in [6, 6.07) is 6.35. The van der Waals surface area contributed by atoms with E-state index >= 15 is 0 Å². The molecule has 1 unspecified atom stereocenters. The van der Waals surface area contributed by atoms with Crippen LogP contribution in [0.3, 0.4) is 0 Å². The molecular weight excluding hydrogens is 384 g/mol. The van der Waals surface area contributed by atoms with Crippen molar-refractivity contribution in [2.75, 3.05) is 19.6 Å². The van der Waals surface area contributed by atoms with Gasteiger partial charge in [-0.15, -0.1) is 36.2 Å². The Morgan fingerprint density at radius 1 is 1.40 bits per heavy atom. The summed E-state index contributed by atoms with van der Waals surface area (Å²) in [6.45, 7) is 2.76. The maximum atomic E-state index is 13.3. The number of carbonyl (C=O) groups excluding carboxylic acids is 1. The van der Waals surface area contributed by atoms with Gasteiger partial charge in [0.1, 0.15) is 10.8 Å². The van der Waals surface area contributed by atoms with Gasteiger partial charge in [-0.2, -0.15) is 0 Å². The fourth-order valence-electron chi connectivity index (χ4n) is 2.73. The van der Waals surface area contributed by atoms with Crippen LogP contribution >= 0.6 is 36.2 Å². The number of halogens is 3. The van der Waals surface area contributed by atoms with E-state index < -0.39 is 0 Å². The van der Waals surface area contributed by atoms with Crippen LogP contribution in [0, 0.1) is 11.7 Å². The number of nitrogens with zero attached hydrogens (tertiary/aromatic N) is 1. The zero-order chi connectivity index (χ0) is 16.1. The first-order valence-corrected chi connectivity index (χ1v) is 8.76. The molecule has 1 aliphatic rings. The molecular formula is C17H22Cl2FN3OS. The average Bonchev–Trinajstić information content (AvgIpc) is 3.02. The van der Waals surface area contributed by atoms with Gasteiger partial charge in [0.05, 0.1) is 12.1 Å². The monoisotopic (exact) mass is 405 g/mol. The quantitative estimate of drug-likeness (QED) is 0.800. The molecule has 1 fully saturated rings. The maximum absolute atomic E-state index is 13.3. The Morgan fingerprint density at radius 2 is 2.24 bits per heavy atom. The highest BCUT2D eigenvalue weighted by Gasteiger charge is 2.15. The third kappa shape index (κ3) is 6.55. The lowest BCUT2D eigenvalue weighted by molar-refractivity contribution is -0.120. The fourth-order valence-corrected chi connectivity index (χ4v) is 3.54. The number of aromatic nitrogens is 1. The van der Waals surface area contributed by atoms with Crippen LogP contribution < -0.4 is 10.6 Å². The van der Waals surface area contributed by atoms with Crippen molar-refractivity contribution in [3.05, 3.63) is 41.2 Å². The Balaban J connectivity index is 0.00000156. The second kappa shape index (κ2) is 10.7. The number of carbonyl (C=O) groups is 1. The molecule has 1 aliphatic heterocycles. The van der Waals surface area contributed by atoms with Crippen molar-refractivity contribution in [1.29, 1.82) is 0 Å². The summed E-state index contributed by atoms with van der Waals surface area (Å²) in [4.78, 5) is 16.5. The molecule has 0 aliphatic carbocycles. The van der Waals surface area contributed by atoms with Crippen molar-refractivity contribution in [3.8, 4) is 10.6 Å². The zero-order valence-electron chi connectivity index (χ0n) is 13.7. The minimum absolute atomic E-state index is 0. The van der Waals surface area contributed by atoms with Crippen molar-refractivity contribution >= 4 is 42.1 Å². The van der Waals surface area contributed by atoms with Crippen LogP contribution in [-0.2, 0) is 11.2 Å². The number of thiazole rings is 1. The molecule has 1 aromatic heterocycles. The molecule has 2 N–H and O–H groups in total. The smallest absolute Gasteiger partial charge is 0.226 e. The summed E-state index contributed by atoms with van der Waals surface area (Å²) >= 11 is 1.43. The molecule has 1 amide bonds. The van der Waals surface area contributed by atoms with E-state index in [-0.39, 0.29) is 43.0 Å². The van der Waals surface area contributed by atoms with Crippen LogP contribution in [0.2, 0.25) is 0 Å². The van der Waals surface area contributed by atoms with Crippen molar-refractivity contribution < 1.29 is 9.18 Å². The van der Waals surface area contributed by atoms with Gasteiger partial charge in [-0.05, 0) is 44.0 Å². The Morgan fingerprint density at radius 3 is 2.96 bits per heavy atom. The van der Waals surface area contributed by atoms with Crippen LogP contribution in [0.4, 0.5) is 4.39 Å². The van der Waals surface area contributed by atoms with Gasteiger partial charge in [0.2, 0.25) is 5.91 Å². The molecule has 0 radical (unpaired) electrons. The van der Waals surface area contributed by atoms with Crippen LogP contribution in [0.25, 0.3) is 10.6 Å². The first kappa shape index (κ1) is 21.8. The van der Waals surface area contributed by atoms with Gasteiger partial charge >= 0.3 is 0 Å². The van der Waals surface area contributed by atoms with E-state index in [2.05, 4.69) is 15.6 Å². The molecule has 2 aromatic rings. The number of amides is 1. The highest BCUT2D eigenvalue weighted by atomic mass is 35.5. The Kier molecular flexibility index (Phi) is 9.35. The van der Waals surface area contributed by atoms with Crippen LogP contribution in [0.5, 0.6) is 0 Å². The van der Waals surface area contributed by atoms with Gasteiger partial charge in [0, 0.05) is 17.5 Å². The molecule has 3 rings (SSSR count). The number of rotatable bonds is 5. The highest BCUT2D eigenvalue weighted by molar-refractivity contribution is 7.13. The van der Waals surface area contributed by atoms with E-state index in [1.54, 1.807) is 6.07 Å². The molecule has 1 atom stereocenters. The van der Waals surface area contributed by atoms with Crippen LogP contribution in [-0.4, -0.2) is 30.5 Å². The minimum Gasteiger partial charge on any atom is -0.355 e. The molecule has 138 valence electrons. The van der Waals surface area contributed by atoms with Crippen molar-refractivity contribution in [2.24, 2.45) is 5.92 Å². The largest absolute Gasteiger partial charge is 0.355 e. The molecule has 0 spiro atoms. The predicted molar refractivity (Wildman–Crippen MR) is 104 cm³/mol. The minimum atomic E-state index is -0.280. The normalized spacial score (nSPS) is 16.4. The molecule has 1 saturated heterocycles. The standard InChI is InChI=1S/C17H20FN3OS.2ClH/c18-14-5-1-4-13(7-14)17-21-15(11-23-17)8-16(22)20-10-12-3-2-6-19-9-12;;/h1,4-5,7,11-12,19H,2-3,6,8-10H2,(H,20,22);2*1H. The van der Waals surface area contributed by atoms with E-state index in [0.717, 1.165) is 35.8 Å². The number of hydrogen-bond acceptors (Lipinski definition) is 4. The first-order valence-electron chi connectivity index (χ1n) is 7.88.